The van der Waals surface area contributed by atoms with E-state index in [2.05, 4.69) is 47.8 Å². The monoisotopic (exact) mass is 305 g/mol. The van der Waals surface area contributed by atoms with Crippen LogP contribution in [-0.2, 0) is 6.61 Å². The molecule has 0 aliphatic carbocycles. The molecule has 1 heterocycles. The van der Waals surface area contributed by atoms with E-state index in [0.29, 0.717) is 12.5 Å². The number of benzene rings is 1. The number of rotatable bonds is 8. The van der Waals surface area contributed by atoms with E-state index in [-0.39, 0.29) is 0 Å². The molecule has 1 aromatic heterocycles. The van der Waals surface area contributed by atoms with Gasteiger partial charge in [0.25, 0.3) is 0 Å². The number of nitrogens with one attached hydrogen (secondary N) is 1. The van der Waals surface area contributed by atoms with E-state index in [1.807, 2.05) is 12.1 Å². The van der Waals surface area contributed by atoms with Crippen molar-refractivity contribution in [1.29, 1.82) is 0 Å². The zero-order chi connectivity index (χ0) is 15.1. The summed E-state index contributed by atoms with van der Waals surface area (Å²) >= 11 is 1.39. The number of anilines is 1. The highest BCUT2D eigenvalue weighted by Crippen LogP contribution is 2.29. The van der Waals surface area contributed by atoms with Gasteiger partial charge in [0.05, 0.1) is 0 Å². The number of hydrogen-bond donors (Lipinski definition) is 1. The number of ether oxygens (including phenoxy) is 1. The first-order chi connectivity index (χ1) is 10.3. The van der Waals surface area contributed by atoms with Crippen LogP contribution in [0.2, 0.25) is 0 Å². The summed E-state index contributed by atoms with van der Waals surface area (Å²) in [4.78, 5) is 0. The van der Waals surface area contributed by atoms with Crippen molar-refractivity contribution in [3.05, 3.63) is 35.5 Å². The highest BCUT2D eigenvalue weighted by atomic mass is 32.1. The summed E-state index contributed by atoms with van der Waals surface area (Å²) in [5.41, 5.74) is 2.14. The Morgan fingerprint density at radius 1 is 1.29 bits per heavy atom. The Kier molecular flexibility index (Phi) is 5.99. The lowest BCUT2D eigenvalue weighted by Crippen LogP contribution is -2.05. The third-order valence-electron chi connectivity index (χ3n) is 3.52. The van der Waals surface area contributed by atoms with E-state index in [1.165, 1.54) is 17.1 Å². The van der Waals surface area contributed by atoms with E-state index in [4.69, 9.17) is 4.74 Å². The van der Waals surface area contributed by atoms with E-state index in [0.717, 1.165) is 35.8 Å². The fraction of sp³-hybridized carbons (Fsp3) is 0.500. The van der Waals surface area contributed by atoms with Gasteiger partial charge in [-0.1, -0.05) is 43.5 Å². The van der Waals surface area contributed by atoms with Gasteiger partial charge in [-0.25, -0.2) is 0 Å². The summed E-state index contributed by atoms with van der Waals surface area (Å²) in [5, 5.41) is 8.51. The van der Waals surface area contributed by atoms with E-state index in [1.54, 1.807) is 0 Å². The van der Waals surface area contributed by atoms with Crippen molar-refractivity contribution in [3.8, 4) is 5.75 Å². The van der Waals surface area contributed by atoms with Gasteiger partial charge in [0.15, 0.2) is 0 Å². The van der Waals surface area contributed by atoms with Gasteiger partial charge in [-0.15, -0.1) is 5.10 Å². The molecule has 2 aromatic rings. The Labute approximate surface area is 130 Å². The van der Waals surface area contributed by atoms with Crippen molar-refractivity contribution < 1.29 is 4.74 Å². The van der Waals surface area contributed by atoms with Crippen LogP contribution in [0.4, 0.5) is 5.00 Å². The predicted molar refractivity (Wildman–Crippen MR) is 88.2 cm³/mol. The van der Waals surface area contributed by atoms with Gasteiger partial charge in [0.1, 0.15) is 23.1 Å². The maximum atomic E-state index is 5.99. The van der Waals surface area contributed by atoms with E-state index in [9.17, 15) is 0 Å². The zero-order valence-electron chi connectivity index (χ0n) is 12.9. The first-order valence-corrected chi connectivity index (χ1v) is 8.30. The Morgan fingerprint density at radius 2 is 2.10 bits per heavy atom. The van der Waals surface area contributed by atoms with Crippen LogP contribution >= 0.6 is 11.5 Å². The van der Waals surface area contributed by atoms with Gasteiger partial charge in [0, 0.05) is 18.1 Å². The molecule has 114 valence electrons. The van der Waals surface area contributed by atoms with Crippen LogP contribution in [0.5, 0.6) is 5.75 Å². The van der Waals surface area contributed by atoms with Crippen molar-refractivity contribution in [2.75, 3.05) is 11.9 Å². The summed E-state index contributed by atoms with van der Waals surface area (Å²) < 4.78 is 10.00. The van der Waals surface area contributed by atoms with Gasteiger partial charge in [-0.3, -0.25) is 0 Å². The lowest BCUT2D eigenvalue weighted by atomic mass is 9.98. The molecule has 1 N–H and O–H groups in total. The summed E-state index contributed by atoms with van der Waals surface area (Å²) in [7, 11) is 0. The highest BCUT2D eigenvalue weighted by molar-refractivity contribution is 7.10. The van der Waals surface area contributed by atoms with Gasteiger partial charge in [-0.2, -0.15) is 0 Å². The van der Waals surface area contributed by atoms with E-state index >= 15 is 0 Å². The smallest absolute Gasteiger partial charge is 0.136 e. The van der Waals surface area contributed by atoms with Crippen LogP contribution in [0.25, 0.3) is 0 Å². The Bertz CT molecular complexity index is 556. The Balaban J connectivity index is 2.05. The normalized spacial score (nSPS) is 12.1. The maximum Gasteiger partial charge on any atom is 0.136 e. The average molecular weight is 305 g/mol. The van der Waals surface area contributed by atoms with Crippen LogP contribution in [0.1, 0.15) is 50.8 Å². The lowest BCUT2D eigenvalue weighted by molar-refractivity contribution is 0.297. The molecule has 0 radical (unpaired) electrons. The minimum atomic E-state index is 0.454. The lowest BCUT2D eigenvalue weighted by Gasteiger charge is -2.15. The van der Waals surface area contributed by atoms with Crippen LogP contribution in [-0.4, -0.2) is 16.1 Å². The van der Waals surface area contributed by atoms with Crippen LogP contribution < -0.4 is 10.1 Å². The largest absolute Gasteiger partial charge is 0.487 e. The van der Waals surface area contributed by atoms with Crippen molar-refractivity contribution in [3.63, 3.8) is 0 Å². The second-order valence-corrected chi connectivity index (χ2v) is 5.87. The first-order valence-electron chi connectivity index (χ1n) is 7.53. The topological polar surface area (TPSA) is 47.0 Å². The summed E-state index contributed by atoms with van der Waals surface area (Å²) in [6.07, 6.45) is 2.18. The standard InChI is InChI=1S/C16H23N3OS/c1-4-10-17-16-14(18-19-21-16)11-20-15-9-7-6-8-13(15)12(3)5-2/h6-9,12,17H,4-5,10-11H2,1-3H3. The molecule has 21 heavy (non-hydrogen) atoms. The van der Waals surface area contributed by atoms with Gasteiger partial charge >= 0.3 is 0 Å². The average Bonchev–Trinajstić information content (AvgIpc) is 2.97. The van der Waals surface area contributed by atoms with Crippen molar-refractivity contribution in [1.82, 2.24) is 9.59 Å². The van der Waals surface area contributed by atoms with Crippen molar-refractivity contribution in [2.24, 2.45) is 0 Å². The Hall–Kier alpha value is -1.62. The molecule has 1 aromatic carbocycles. The molecule has 0 fully saturated rings. The molecule has 0 amide bonds. The highest BCUT2D eigenvalue weighted by Gasteiger charge is 2.12. The molecule has 0 aliphatic rings. The number of aromatic nitrogens is 2. The molecule has 1 unspecified atom stereocenters. The maximum absolute atomic E-state index is 5.99. The van der Waals surface area contributed by atoms with Gasteiger partial charge in [-0.05, 0) is 30.4 Å². The molecule has 4 nitrogen and oxygen atoms in total. The molecule has 0 aliphatic heterocycles. The first kappa shape index (κ1) is 15.8. The van der Waals surface area contributed by atoms with Gasteiger partial charge in [0.2, 0.25) is 0 Å². The van der Waals surface area contributed by atoms with Crippen LogP contribution in [0.15, 0.2) is 24.3 Å². The van der Waals surface area contributed by atoms with Crippen molar-refractivity contribution in [2.45, 2.75) is 46.1 Å². The van der Waals surface area contributed by atoms with E-state index < -0.39 is 0 Å². The quantitative estimate of drug-likeness (QED) is 0.782. The molecule has 5 heteroatoms. The number of hydrogen-bond acceptors (Lipinski definition) is 5. The predicted octanol–water partition coefficient (Wildman–Crippen LogP) is 4.45. The number of nitrogens with zero attached hydrogens (tertiary/aromatic N) is 2. The zero-order valence-corrected chi connectivity index (χ0v) is 13.7. The molecule has 1 atom stereocenters. The van der Waals surface area contributed by atoms with Crippen molar-refractivity contribution >= 4 is 16.5 Å². The molecule has 0 bridgehead atoms. The summed E-state index contributed by atoms with van der Waals surface area (Å²) in [5.74, 6) is 1.44. The van der Waals surface area contributed by atoms with Crippen LogP contribution in [0, 0.1) is 0 Å². The third kappa shape index (κ3) is 4.17. The summed E-state index contributed by atoms with van der Waals surface area (Å²) in [6, 6.07) is 8.24. The SMILES string of the molecule is CCCNc1snnc1COc1ccccc1C(C)CC. The molecule has 0 spiro atoms. The second kappa shape index (κ2) is 7.98. The van der Waals surface area contributed by atoms with Crippen LogP contribution in [0.3, 0.4) is 0 Å². The Morgan fingerprint density at radius 3 is 2.86 bits per heavy atom. The third-order valence-corrected chi connectivity index (χ3v) is 4.24. The molecular formula is C16H23N3OS. The minimum Gasteiger partial charge on any atom is -0.487 e. The fourth-order valence-corrected chi connectivity index (χ4v) is 2.65. The minimum absolute atomic E-state index is 0.454. The number of para-hydroxylation sites is 1. The molecule has 0 saturated carbocycles. The molecule has 0 saturated heterocycles. The van der Waals surface area contributed by atoms with Gasteiger partial charge < -0.3 is 10.1 Å². The second-order valence-electron chi connectivity index (χ2n) is 5.11. The molecular weight excluding hydrogens is 282 g/mol. The fourth-order valence-electron chi connectivity index (χ4n) is 2.06. The molecule has 2 rings (SSSR count). The summed E-state index contributed by atoms with van der Waals surface area (Å²) in [6.45, 7) is 7.94.